The highest BCUT2D eigenvalue weighted by Crippen LogP contribution is 2.33. The van der Waals surface area contributed by atoms with Crippen LogP contribution in [0.15, 0.2) is 24.3 Å². The van der Waals surface area contributed by atoms with E-state index in [9.17, 15) is 13.2 Å². The van der Waals surface area contributed by atoms with E-state index >= 15 is 0 Å². The molecule has 1 aromatic carbocycles. The van der Waals surface area contributed by atoms with Crippen LogP contribution in [-0.2, 0) is 6.18 Å². The summed E-state index contributed by atoms with van der Waals surface area (Å²) in [6.07, 6.45) is -1.06. The van der Waals surface area contributed by atoms with E-state index < -0.39 is 11.7 Å². The first-order chi connectivity index (χ1) is 8.52. The summed E-state index contributed by atoms with van der Waals surface area (Å²) in [6.45, 7) is 0.480. The van der Waals surface area contributed by atoms with E-state index in [1.807, 2.05) is 4.90 Å². The summed E-state index contributed by atoms with van der Waals surface area (Å²) in [5, 5.41) is 9.03. The summed E-state index contributed by atoms with van der Waals surface area (Å²) in [5.41, 5.74) is 0.116. The highest BCUT2D eigenvalue weighted by atomic mass is 19.4. The van der Waals surface area contributed by atoms with E-state index in [2.05, 4.69) is 0 Å². The van der Waals surface area contributed by atoms with Crippen molar-refractivity contribution in [3.8, 4) is 0 Å². The van der Waals surface area contributed by atoms with Gasteiger partial charge in [-0.1, -0.05) is 0 Å². The molecule has 2 rings (SSSR count). The average molecular weight is 259 g/mol. The van der Waals surface area contributed by atoms with Crippen molar-refractivity contribution in [1.82, 2.24) is 0 Å². The van der Waals surface area contributed by atoms with Crippen molar-refractivity contribution in [3.63, 3.8) is 0 Å². The second-order valence-electron chi connectivity index (χ2n) is 4.55. The third-order valence-electron chi connectivity index (χ3n) is 3.38. The van der Waals surface area contributed by atoms with Crippen LogP contribution in [0.5, 0.6) is 0 Å². The van der Waals surface area contributed by atoms with E-state index in [1.165, 1.54) is 12.1 Å². The Morgan fingerprint density at radius 3 is 2.17 bits per heavy atom. The fraction of sp³-hybridized carbons (Fsp3) is 0.538. The SMILES string of the molecule is OCCN(c1ccc(C(F)(F)F)cc1)C1CCC1. The first kappa shape index (κ1) is 13.2. The van der Waals surface area contributed by atoms with E-state index in [0.717, 1.165) is 37.1 Å². The molecule has 0 spiro atoms. The quantitative estimate of drug-likeness (QED) is 0.898. The highest BCUT2D eigenvalue weighted by molar-refractivity contribution is 5.49. The lowest BCUT2D eigenvalue weighted by Crippen LogP contribution is -2.41. The zero-order valence-corrected chi connectivity index (χ0v) is 9.95. The molecule has 0 unspecified atom stereocenters. The molecule has 1 N–H and O–H groups in total. The van der Waals surface area contributed by atoms with Gasteiger partial charge in [0.05, 0.1) is 12.2 Å². The fourth-order valence-electron chi connectivity index (χ4n) is 2.17. The smallest absolute Gasteiger partial charge is 0.395 e. The maximum atomic E-state index is 12.5. The molecular weight excluding hydrogens is 243 g/mol. The third-order valence-corrected chi connectivity index (χ3v) is 3.38. The number of benzene rings is 1. The molecule has 1 fully saturated rings. The minimum Gasteiger partial charge on any atom is -0.395 e. The number of aliphatic hydroxyl groups is 1. The third kappa shape index (κ3) is 2.77. The van der Waals surface area contributed by atoms with Crippen LogP contribution in [0.3, 0.4) is 0 Å². The second-order valence-corrected chi connectivity index (χ2v) is 4.55. The number of alkyl halides is 3. The Kier molecular flexibility index (Phi) is 3.80. The summed E-state index contributed by atoms with van der Waals surface area (Å²) >= 11 is 0. The minimum absolute atomic E-state index is 0.0114. The molecule has 0 atom stereocenters. The molecular formula is C13H16F3NO. The van der Waals surface area contributed by atoms with E-state index in [1.54, 1.807) is 0 Å². The Morgan fingerprint density at radius 1 is 1.17 bits per heavy atom. The first-order valence-electron chi connectivity index (χ1n) is 6.07. The van der Waals surface area contributed by atoms with Crippen molar-refractivity contribution in [2.45, 2.75) is 31.5 Å². The van der Waals surface area contributed by atoms with Crippen molar-refractivity contribution >= 4 is 5.69 Å². The zero-order valence-electron chi connectivity index (χ0n) is 9.95. The van der Waals surface area contributed by atoms with Crippen LogP contribution in [0, 0.1) is 0 Å². The predicted molar refractivity (Wildman–Crippen MR) is 63.5 cm³/mol. The van der Waals surface area contributed by atoms with Crippen LogP contribution in [0.25, 0.3) is 0 Å². The first-order valence-corrected chi connectivity index (χ1v) is 6.07. The Hall–Kier alpha value is -1.23. The monoisotopic (exact) mass is 259 g/mol. The molecule has 1 aliphatic rings. The summed E-state index contributed by atoms with van der Waals surface area (Å²) in [5.74, 6) is 0. The van der Waals surface area contributed by atoms with Crippen LogP contribution in [0.2, 0.25) is 0 Å². The van der Waals surface area contributed by atoms with Gasteiger partial charge in [-0.25, -0.2) is 0 Å². The molecule has 2 nitrogen and oxygen atoms in total. The van der Waals surface area contributed by atoms with E-state index in [4.69, 9.17) is 5.11 Å². The topological polar surface area (TPSA) is 23.5 Å². The fourth-order valence-corrected chi connectivity index (χ4v) is 2.17. The molecule has 0 bridgehead atoms. The van der Waals surface area contributed by atoms with Gasteiger partial charge in [0, 0.05) is 18.3 Å². The van der Waals surface area contributed by atoms with Gasteiger partial charge in [0.1, 0.15) is 0 Å². The number of hydrogen-bond donors (Lipinski definition) is 1. The number of hydrogen-bond acceptors (Lipinski definition) is 2. The molecule has 5 heteroatoms. The molecule has 0 radical (unpaired) electrons. The zero-order chi connectivity index (χ0) is 13.2. The molecule has 1 saturated carbocycles. The number of rotatable bonds is 4. The van der Waals surface area contributed by atoms with Gasteiger partial charge in [-0.3, -0.25) is 0 Å². The van der Waals surface area contributed by atoms with Crippen LogP contribution < -0.4 is 4.90 Å². The Balaban J connectivity index is 2.15. The van der Waals surface area contributed by atoms with Gasteiger partial charge < -0.3 is 10.0 Å². The van der Waals surface area contributed by atoms with Gasteiger partial charge in [0.15, 0.2) is 0 Å². The second kappa shape index (κ2) is 5.18. The molecule has 0 saturated heterocycles. The molecule has 100 valence electrons. The molecule has 0 aromatic heterocycles. The van der Waals surface area contributed by atoms with Gasteiger partial charge in [0.25, 0.3) is 0 Å². The minimum atomic E-state index is -4.29. The van der Waals surface area contributed by atoms with Gasteiger partial charge >= 0.3 is 6.18 Å². The van der Waals surface area contributed by atoms with Crippen molar-refractivity contribution in [2.24, 2.45) is 0 Å². The van der Waals surface area contributed by atoms with E-state index in [-0.39, 0.29) is 6.61 Å². The lowest BCUT2D eigenvalue weighted by atomic mass is 9.91. The average Bonchev–Trinajstić information content (AvgIpc) is 2.25. The van der Waals surface area contributed by atoms with Gasteiger partial charge in [-0.05, 0) is 43.5 Å². The summed E-state index contributed by atoms with van der Waals surface area (Å²) in [6, 6.07) is 5.51. The molecule has 0 amide bonds. The van der Waals surface area contributed by atoms with Crippen molar-refractivity contribution in [2.75, 3.05) is 18.1 Å². The maximum Gasteiger partial charge on any atom is 0.416 e. The van der Waals surface area contributed by atoms with Gasteiger partial charge in [-0.15, -0.1) is 0 Å². The molecule has 0 aliphatic heterocycles. The highest BCUT2D eigenvalue weighted by Gasteiger charge is 2.31. The Labute approximate surface area is 104 Å². The molecule has 1 aromatic rings. The van der Waals surface area contributed by atoms with E-state index in [0.29, 0.717) is 12.6 Å². The van der Waals surface area contributed by atoms with Gasteiger partial charge in [0.2, 0.25) is 0 Å². The predicted octanol–water partition coefficient (Wildman–Crippen LogP) is 3.06. The van der Waals surface area contributed by atoms with Crippen LogP contribution >= 0.6 is 0 Å². The van der Waals surface area contributed by atoms with Crippen molar-refractivity contribution < 1.29 is 18.3 Å². The Morgan fingerprint density at radius 2 is 1.78 bits per heavy atom. The number of aliphatic hydroxyl groups excluding tert-OH is 1. The summed E-state index contributed by atoms with van der Waals surface area (Å²) in [7, 11) is 0. The number of halogens is 3. The molecule has 1 aliphatic carbocycles. The van der Waals surface area contributed by atoms with Crippen LogP contribution in [0.4, 0.5) is 18.9 Å². The number of nitrogens with zero attached hydrogens (tertiary/aromatic N) is 1. The lowest BCUT2D eigenvalue weighted by Gasteiger charge is -2.39. The summed E-state index contributed by atoms with van der Waals surface area (Å²) in [4.78, 5) is 1.99. The largest absolute Gasteiger partial charge is 0.416 e. The molecule has 18 heavy (non-hydrogen) atoms. The normalized spacial score (nSPS) is 16.4. The number of anilines is 1. The summed E-state index contributed by atoms with van der Waals surface area (Å²) < 4.78 is 37.4. The lowest BCUT2D eigenvalue weighted by molar-refractivity contribution is -0.137. The maximum absolute atomic E-state index is 12.5. The van der Waals surface area contributed by atoms with Crippen molar-refractivity contribution in [3.05, 3.63) is 29.8 Å². The van der Waals surface area contributed by atoms with Gasteiger partial charge in [-0.2, -0.15) is 13.2 Å². The van der Waals surface area contributed by atoms with Crippen LogP contribution in [0.1, 0.15) is 24.8 Å². The van der Waals surface area contributed by atoms with Crippen molar-refractivity contribution in [1.29, 1.82) is 0 Å². The standard InChI is InChI=1S/C13H16F3NO/c14-13(15,16)10-4-6-12(7-5-10)17(8-9-18)11-2-1-3-11/h4-7,11,18H,1-3,8-9H2. The van der Waals surface area contributed by atoms with Crippen LogP contribution in [-0.4, -0.2) is 24.3 Å². The Bertz CT molecular complexity index is 384. The molecule has 0 heterocycles.